The maximum absolute atomic E-state index is 12.8. The quantitative estimate of drug-likeness (QED) is 0.609. The summed E-state index contributed by atoms with van der Waals surface area (Å²) in [6.45, 7) is 8.72. The number of esters is 1. The zero-order chi connectivity index (χ0) is 20.9. The number of piperazine rings is 1. The SMILES string of the molecule is C[C@H]1CCC=C2C[C@H]3OC(=O)[C@H](CN4CCN(c5ccccn5)CC4)[C@H]3[C@H](O)[C@@]21C. The molecule has 162 valence electrons. The van der Waals surface area contributed by atoms with E-state index in [0.717, 1.165) is 51.3 Å². The molecule has 3 heterocycles. The average molecular weight is 412 g/mol. The third kappa shape index (κ3) is 3.16. The van der Waals surface area contributed by atoms with Crippen LogP contribution in [0.15, 0.2) is 36.0 Å². The van der Waals surface area contributed by atoms with Crippen molar-refractivity contribution in [2.45, 2.75) is 45.3 Å². The molecule has 1 aromatic heterocycles. The largest absolute Gasteiger partial charge is 0.461 e. The van der Waals surface area contributed by atoms with Crippen LogP contribution in [-0.4, -0.2) is 65.9 Å². The molecule has 6 nitrogen and oxygen atoms in total. The Bertz CT molecular complexity index is 820. The van der Waals surface area contributed by atoms with Gasteiger partial charge in [-0.25, -0.2) is 4.98 Å². The number of allylic oxidation sites excluding steroid dienone is 1. The van der Waals surface area contributed by atoms with Crippen LogP contribution in [0, 0.1) is 23.2 Å². The number of rotatable bonds is 3. The van der Waals surface area contributed by atoms with Gasteiger partial charge in [0.1, 0.15) is 11.9 Å². The van der Waals surface area contributed by atoms with Crippen LogP contribution < -0.4 is 4.90 Å². The lowest BCUT2D eigenvalue weighted by atomic mass is 9.55. The predicted molar refractivity (Wildman–Crippen MR) is 115 cm³/mol. The van der Waals surface area contributed by atoms with Crippen LogP contribution in [0.2, 0.25) is 0 Å². The van der Waals surface area contributed by atoms with Crippen molar-refractivity contribution >= 4 is 11.8 Å². The number of nitrogens with zero attached hydrogens (tertiary/aromatic N) is 3. The Labute approximate surface area is 178 Å². The van der Waals surface area contributed by atoms with Gasteiger partial charge in [0.2, 0.25) is 0 Å². The molecule has 2 aliphatic heterocycles. The van der Waals surface area contributed by atoms with Crippen LogP contribution in [0.1, 0.15) is 33.1 Å². The second-order valence-corrected chi connectivity index (χ2v) is 9.77. The number of fused-ring (bicyclic) bond motifs is 2. The lowest BCUT2D eigenvalue weighted by Crippen LogP contribution is -2.55. The third-order valence-corrected chi connectivity index (χ3v) is 8.37. The van der Waals surface area contributed by atoms with E-state index >= 15 is 0 Å². The minimum Gasteiger partial charge on any atom is -0.461 e. The molecule has 1 aromatic rings. The van der Waals surface area contributed by atoms with Gasteiger partial charge < -0.3 is 14.7 Å². The Kier molecular flexibility index (Phi) is 5.10. The second kappa shape index (κ2) is 7.65. The van der Waals surface area contributed by atoms with Crippen molar-refractivity contribution in [1.29, 1.82) is 0 Å². The minimum absolute atomic E-state index is 0.103. The van der Waals surface area contributed by atoms with E-state index in [1.807, 2.05) is 24.4 Å². The molecule has 0 bridgehead atoms. The topological polar surface area (TPSA) is 65.9 Å². The van der Waals surface area contributed by atoms with E-state index in [0.29, 0.717) is 12.5 Å². The molecule has 2 saturated heterocycles. The number of carbonyl (C=O) groups is 1. The highest BCUT2D eigenvalue weighted by Crippen LogP contribution is 2.56. The van der Waals surface area contributed by atoms with Crippen LogP contribution in [0.25, 0.3) is 0 Å². The molecule has 6 heteroatoms. The number of pyridine rings is 1. The van der Waals surface area contributed by atoms with Crippen LogP contribution in [0.4, 0.5) is 5.82 Å². The lowest BCUT2D eigenvalue weighted by Gasteiger charge is -2.52. The first kappa shape index (κ1) is 20.0. The number of anilines is 1. The molecule has 5 rings (SSSR count). The first-order valence-electron chi connectivity index (χ1n) is 11.4. The Morgan fingerprint density at radius 2 is 2.07 bits per heavy atom. The average Bonchev–Trinajstić information content (AvgIpc) is 3.07. The van der Waals surface area contributed by atoms with E-state index in [4.69, 9.17) is 4.74 Å². The van der Waals surface area contributed by atoms with Crippen molar-refractivity contribution < 1.29 is 14.6 Å². The predicted octanol–water partition coefficient (Wildman–Crippen LogP) is 2.49. The molecule has 0 spiro atoms. The maximum atomic E-state index is 12.8. The van der Waals surface area contributed by atoms with Crippen molar-refractivity contribution in [2.75, 3.05) is 37.6 Å². The molecule has 0 aromatic carbocycles. The molecule has 3 fully saturated rings. The van der Waals surface area contributed by atoms with Crippen LogP contribution in [0.3, 0.4) is 0 Å². The van der Waals surface area contributed by atoms with E-state index in [9.17, 15) is 9.90 Å². The number of aliphatic hydroxyl groups excluding tert-OH is 1. The van der Waals surface area contributed by atoms with E-state index < -0.39 is 6.10 Å². The second-order valence-electron chi connectivity index (χ2n) is 9.77. The number of carbonyl (C=O) groups excluding carboxylic acids is 1. The fourth-order valence-electron chi connectivity index (χ4n) is 6.25. The zero-order valence-corrected chi connectivity index (χ0v) is 18.0. The summed E-state index contributed by atoms with van der Waals surface area (Å²) in [4.78, 5) is 21.9. The van der Waals surface area contributed by atoms with Gasteiger partial charge in [-0.3, -0.25) is 9.69 Å². The highest BCUT2D eigenvalue weighted by molar-refractivity contribution is 5.76. The summed E-state index contributed by atoms with van der Waals surface area (Å²) in [5.41, 5.74) is 1.07. The van der Waals surface area contributed by atoms with Gasteiger partial charge in [0.15, 0.2) is 0 Å². The molecule has 1 N–H and O–H groups in total. The Morgan fingerprint density at radius 1 is 1.27 bits per heavy atom. The van der Waals surface area contributed by atoms with Gasteiger partial charge >= 0.3 is 5.97 Å². The summed E-state index contributed by atoms with van der Waals surface area (Å²) in [6, 6.07) is 6.00. The summed E-state index contributed by atoms with van der Waals surface area (Å²) in [6.07, 6.45) is 6.38. The van der Waals surface area contributed by atoms with Gasteiger partial charge in [-0.2, -0.15) is 0 Å². The van der Waals surface area contributed by atoms with Crippen molar-refractivity contribution in [1.82, 2.24) is 9.88 Å². The van der Waals surface area contributed by atoms with Gasteiger partial charge in [-0.05, 0) is 30.9 Å². The van der Waals surface area contributed by atoms with E-state index in [1.165, 1.54) is 5.57 Å². The Hall–Kier alpha value is -1.92. The van der Waals surface area contributed by atoms with Gasteiger partial charge in [0.05, 0.1) is 12.0 Å². The highest BCUT2D eigenvalue weighted by Gasteiger charge is 2.59. The minimum atomic E-state index is -0.524. The summed E-state index contributed by atoms with van der Waals surface area (Å²) in [5.74, 6) is 0.977. The molecular formula is C24H33N3O3. The fraction of sp³-hybridized carbons (Fsp3) is 0.667. The van der Waals surface area contributed by atoms with Crippen molar-refractivity contribution in [2.24, 2.45) is 23.2 Å². The zero-order valence-electron chi connectivity index (χ0n) is 18.0. The monoisotopic (exact) mass is 411 g/mol. The molecule has 0 unspecified atom stereocenters. The van der Waals surface area contributed by atoms with Gasteiger partial charge in [-0.15, -0.1) is 0 Å². The van der Waals surface area contributed by atoms with E-state index in [2.05, 4.69) is 34.7 Å². The van der Waals surface area contributed by atoms with E-state index in [1.54, 1.807) is 0 Å². The Morgan fingerprint density at radius 3 is 2.80 bits per heavy atom. The molecule has 0 amide bonds. The fourth-order valence-corrected chi connectivity index (χ4v) is 6.25. The molecule has 1 saturated carbocycles. The first-order chi connectivity index (χ1) is 14.5. The first-order valence-corrected chi connectivity index (χ1v) is 11.4. The van der Waals surface area contributed by atoms with Crippen LogP contribution >= 0.6 is 0 Å². The van der Waals surface area contributed by atoms with Crippen LogP contribution in [-0.2, 0) is 9.53 Å². The molecule has 4 aliphatic rings. The maximum Gasteiger partial charge on any atom is 0.311 e. The summed E-state index contributed by atoms with van der Waals surface area (Å²) < 4.78 is 5.82. The lowest BCUT2D eigenvalue weighted by molar-refractivity contribution is -0.145. The third-order valence-electron chi connectivity index (χ3n) is 8.37. The molecular weight excluding hydrogens is 378 g/mol. The van der Waals surface area contributed by atoms with Crippen LogP contribution in [0.5, 0.6) is 0 Å². The summed E-state index contributed by atoms with van der Waals surface area (Å²) >= 11 is 0. The summed E-state index contributed by atoms with van der Waals surface area (Å²) in [7, 11) is 0. The molecule has 2 aliphatic carbocycles. The van der Waals surface area contributed by atoms with Crippen molar-refractivity contribution in [3.63, 3.8) is 0 Å². The van der Waals surface area contributed by atoms with E-state index in [-0.39, 0.29) is 29.3 Å². The standard InChI is InChI=1S/C24H33N3O3/c1-16-6-5-7-17-14-19-21(22(28)24(16,17)2)18(23(29)30-19)15-26-10-12-27(13-11-26)20-8-3-4-9-25-20/h3-4,7-9,16,18-19,21-22,28H,5-6,10-15H2,1-2H3/t16-,18+,19+,21+,22-,24+/m0/s1. The van der Waals surface area contributed by atoms with Gasteiger partial charge in [0.25, 0.3) is 0 Å². The number of hydrogen-bond acceptors (Lipinski definition) is 6. The smallest absolute Gasteiger partial charge is 0.311 e. The Balaban J connectivity index is 1.28. The number of aliphatic hydroxyl groups is 1. The summed E-state index contributed by atoms with van der Waals surface area (Å²) in [5, 5.41) is 11.5. The molecule has 30 heavy (non-hydrogen) atoms. The van der Waals surface area contributed by atoms with Gasteiger partial charge in [-0.1, -0.05) is 31.6 Å². The van der Waals surface area contributed by atoms with Gasteiger partial charge in [0, 0.05) is 56.7 Å². The number of ether oxygens (including phenoxy) is 1. The molecule has 6 atom stereocenters. The highest BCUT2D eigenvalue weighted by atomic mass is 16.6. The number of aromatic nitrogens is 1. The number of hydrogen-bond donors (Lipinski definition) is 1. The van der Waals surface area contributed by atoms with Crippen molar-refractivity contribution in [3.8, 4) is 0 Å². The molecule has 0 radical (unpaired) electrons. The normalized spacial score (nSPS) is 39.2. The van der Waals surface area contributed by atoms with Crippen molar-refractivity contribution in [3.05, 3.63) is 36.0 Å².